The van der Waals surface area contributed by atoms with Crippen LogP contribution in [0.15, 0.2) is 42.5 Å². The second-order valence-corrected chi connectivity index (χ2v) is 4.29. The van der Waals surface area contributed by atoms with Gasteiger partial charge in [-0.25, -0.2) is 0 Å². The summed E-state index contributed by atoms with van der Waals surface area (Å²) in [7, 11) is 0. The lowest BCUT2D eigenvalue weighted by Crippen LogP contribution is -2.12. The Hall–Kier alpha value is -3.49. The van der Waals surface area contributed by atoms with Crippen LogP contribution in [0.2, 0.25) is 0 Å². The van der Waals surface area contributed by atoms with E-state index in [0.29, 0.717) is 5.69 Å². The number of rotatable bonds is 4. The number of nitro benzene ring substituents is 2. The largest absolute Gasteiger partial charge is 0.393 e. The maximum absolute atomic E-state index is 12.0. The summed E-state index contributed by atoms with van der Waals surface area (Å²) in [6.07, 6.45) is 0. The van der Waals surface area contributed by atoms with Crippen LogP contribution in [0, 0.1) is 20.2 Å². The van der Waals surface area contributed by atoms with E-state index in [9.17, 15) is 25.0 Å². The fraction of sp³-hybridized carbons (Fsp3) is 0. The predicted octanol–water partition coefficient (Wildman–Crippen LogP) is 2.34. The molecule has 0 atom stereocenters. The standard InChI is InChI=1S/C13H10N4O5/c14-11-6-1-8(7-12(11)17(21)22)13(18)15-9-2-4-10(5-3-9)16(19)20/h1-7H,14H2,(H,15,18). The quantitative estimate of drug-likeness (QED) is 0.504. The van der Waals surface area contributed by atoms with Gasteiger partial charge in [-0.1, -0.05) is 0 Å². The van der Waals surface area contributed by atoms with E-state index in [-0.39, 0.29) is 22.6 Å². The zero-order valence-electron chi connectivity index (χ0n) is 11.1. The number of amides is 1. The summed E-state index contributed by atoms with van der Waals surface area (Å²) >= 11 is 0. The monoisotopic (exact) mass is 302 g/mol. The van der Waals surface area contributed by atoms with Gasteiger partial charge in [0.2, 0.25) is 0 Å². The van der Waals surface area contributed by atoms with Crippen LogP contribution in [0.1, 0.15) is 10.4 Å². The van der Waals surface area contributed by atoms with Crippen molar-refractivity contribution in [2.45, 2.75) is 0 Å². The Labute approximate surface area is 123 Å². The van der Waals surface area contributed by atoms with Gasteiger partial charge in [-0.15, -0.1) is 0 Å². The number of nitrogens with one attached hydrogen (secondary N) is 1. The Kier molecular flexibility index (Phi) is 3.98. The maximum atomic E-state index is 12.0. The van der Waals surface area contributed by atoms with Crippen molar-refractivity contribution in [1.29, 1.82) is 0 Å². The lowest BCUT2D eigenvalue weighted by atomic mass is 10.1. The van der Waals surface area contributed by atoms with Crippen molar-refractivity contribution < 1.29 is 14.6 Å². The first kappa shape index (κ1) is 14.9. The first-order chi connectivity index (χ1) is 10.4. The van der Waals surface area contributed by atoms with E-state index in [1.54, 1.807) is 0 Å². The van der Waals surface area contributed by atoms with E-state index < -0.39 is 15.8 Å². The van der Waals surface area contributed by atoms with Crippen LogP contribution < -0.4 is 11.1 Å². The van der Waals surface area contributed by atoms with Crippen LogP contribution in [0.4, 0.5) is 22.7 Å². The number of nitro groups is 2. The van der Waals surface area contributed by atoms with Crippen molar-refractivity contribution in [3.63, 3.8) is 0 Å². The van der Waals surface area contributed by atoms with Crippen molar-refractivity contribution in [3.05, 3.63) is 68.3 Å². The van der Waals surface area contributed by atoms with Gasteiger partial charge in [-0.2, -0.15) is 0 Å². The average molecular weight is 302 g/mol. The minimum atomic E-state index is -0.683. The zero-order valence-corrected chi connectivity index (χ0v) is 11.1. The van der Waals surface area contributed by atoms with Gasteiger partial charge in [-0.3, -0.25) is 25.0 Å². The fourth-order valence-corrected chi connectivity index (χ4v) is 1.71. The molecule has 2 aromatic carbocycles. The summed E-state index contributed by atoms with van der Waals surface area (Å²) in [5.74, 6) is -0.586. The van der Waals surface area contributed by atoms with E-state index in [4.69, 9.17) is 5.73 Å². The van der Waals surface area contributed by atoms with Gasteiger partial charge < -0.3 is 11.1 Å². The average Bonchev–Trinajstić information content (AvgIpc) is 2.47. The highest BCUT2D eigenvalue weighted by Gasteiger charge is 2.16. The van der Waals surface area contributed by atoms with Crippen molar-refractivity contribution in [2.75, 3.05) is 11.1 Å². The summed E-state index contributed by atoms with van der Waals surface area (Å²) in [5, 5.41) is 23.8. The molecule has 2 aromatic rings. The smallest absolute Gasteiger partial charge is 0.292 e. The summed E-state index contributed by atoms with van der Waals surface area (Å²) in [6, 6.07) is 8.88. The van der Waals surface area contributed by atoms with Crippen LogP contribution in [0.5, 0.6) is 0 Å². The summed E-state index contributed by atoms with van der Waals surface area (Å²) in [4.78, 5) is 32.1. The number of nitrogens with zero attached hydrogens (tertiary/aromatic N) is 2. The number of nitrogen functional groups attached to an aromatic ring is 1. The van der Waals surface area contributed by atoms with Crippen LogP contribution in [-0.4, -0.2) is 15.8 Å². The van der Waals surface area contributed by atoms with E-state index >= 15 is 0 Å². The normalized spacial score (nSPS) is 10.0. The minimum Gasteiger partial charge on any atom is -0.393 e. The highest BCUT2D eigenvalue weighted by atomic mass is 16.6. The minimum absolute atomic E-state index is 0.0446. The molecule has 0 aliphatic heterocycles. The highest BCUT2D eigenvalue weighted by Crippen LogP contribution is 2.23. The number of anilines is 2. The molecule has 0 saturated carbocycles. The highest BCUT2D eigenvalue weighted by molar-refractivity contribution is 6.05. The SMILES string of the molecule is Nc1ccc(C(=O)Nc2ccc([N+](=O)[O-])cc2)cc1[N+](=O)[O-]. The Balaban J connectivity index is 2.20. The van der Waals surface area contributed by atoms with Crippen molar-refractivity contribution in [1.82, 2.24) is 0 Å². The molecular weight excluding hydrogens is 292 g/mol. The molecule has 0 heterocycles. The first-order valence-corrected chi connectivity index (χ1v) is 5.98. The molecule has 2 rings (SSSR count). The topological polar surface area (TPSA) is 141 Å². The van der Waals surface area contributed by atoms with Crippen LogP contribution >= 0.6 is 0 Å². The third-order valence-corrected chi connectivity index (χ3v) is 2.83. The van der Waals surface area contributed by atoms with Crippen molar-refractivity contribution in [3.8, 4) is 0 Å². The Bertz CT molecular complexity index is 758. The number of hydrogen-bond acceptors (Lipinski definition) is 6. The van der Waals surface area contributed by atoms with Gasteiger partial charge >= 0.3 is 0 Å². The fourth-order valence-electron chi connectivity index (χ4n) is 1.71. The van der Waals surface area contributed by atoms with Crippen LogP contribution in [0.25, 0.3) is 0 Å². The summed E-state index contributed by atoms with van der Waals surface area (Å²) < 4.78 is 0. The van der Waals surface area contributed by atoms with E-state index in [1.165, 1.54) is 36.4 Å². The van der Waals surface area contributed by atoms with Gasteiger partial charge in [0.25, 0.3) is 17.3 Å². The van der Waals surface area contributed by atoms with Crippen molar-refractivity contribution >= 4 is 28.7 Å². The number of nitrogens with two attached hydrogens (primary N) is 1. The number of hydrogen-bond donors (Lipinski definition) is 2. The molecule has 9 heteroatoms. The molecule has 0 bridgehead atoms. The summed E-state index contributed by atoms with van der Waals surface area (Å²) in [6.45, 7) is 0. The second-order valence-electron chi connectivity index (χ2n) is 4.29. The molecule has 0 radical (unpaired) electrons. The second kappa shape index (κ2) is 5.87. The molecule has 1 amide bonds. The number of benzene rings is 2. The Morgan fingerprint density at radius 2 is 1.64 bits per heavy atom. The number of carbonyl (C=O) groups is 1. The van der Waals surface area contributed by atoms with Crippen LogP contribution in [0.3, 0.4) is 0 Å². The third kappa shape index (κ3) is 3.15. The molecule has 0 unspecified atom stereocenters. The third-order valence-electron chi connectivity index (χ3n) is 2.83. The number of non-ortho nitro benzene ring substituents is 1. The number of carbonyl (C=O) groups excluding carboxylic acids is 1. The predicted molar refractivity (Wildman–Crippen MR) is 78.6 cm³/mol. The van der Waals surface area contributed by atoms with Crippen LogP contribution in [-0.2, 0) is 0 Å². The molecule has 0 aromatic heterocycles. The zero-order chi connectivity index (χ0) is 16.3. The maximum Gasteiger partial charge on any atom is 0.292 e. The molecule has 0 fully saturated rings. The van der Waals surface area contributed by atoms with Gasteiger partial charge in [0.05, 0.1) is 9.85 Å². The molecular formula is C13H10N4O5. The molecule has 0 spiro atoms. The van der Waals surface area contributed by atoms with Gasteiger partial charge in [0.1, 0.15) is 5.69 Å². The lowest BCUT2D eigenvalue weighted by Gasteiger charge is -2.05. The Morgan fingerprint density at radius 3 is 2.18 bits per heavy atom. The molecule has 0 aliphatic rings. The van der Waals surface area contributed by atoms with E-state index in [0.717, 1.165) is 6.07 Å². The molecule has 112 valence electrons. The first-order valence-electron chi connectivity index (χ1n) is 5.98. The van der Waals surface area contributed by atoms with E-state index in [1.807, 2.05) is 0 Å². The molecule has 0 aliphatic carbocycles. The molecule has 9 nitrogen and oxygen atoms in total. The van der Waals surface area contributed by atoms with Gasteiger partial charge in [-0.05, 0) is 24.3 Å². The van der Waals surface area contributed by atoms with E-state index in [2.05, 4.69) is 5.32 Å². The molecule has 22 heavy (non-hydrogen) atoms. The lowest BCUT2D eigenvalue weighted by molar-refractivity contribution is -0.384. The molecule has 3 N–H and O–H groups in total. The van der Waals surface area contributed by atoms with Crippen molar-refractivity contribution in [2.24, 2.45) is 0 Å². The Morgan fingerprint density at radius 1 is 1.00 bits per heavy atom. The summed E-state index contributed by atoms with van der Waals surface area (Å²) in [5.41, 5.74) is 5.32. The van der Waals surface area contributed by atoms with Gasteiger partial charge in [0.15, 0.2) is 0 Å². The molecule has 0 saturated heterocycles. The van der Waals surface area contributed by atoms with Gasteiger partial charge in [0, 0.05) is 29.4 Å².